The Kier molecular flexibility index (Phi) is 9.05. The van der Waals surface area contributed by atoms with Crippen molar-refractivity contribution in [2.45, 2.75) is 62.7 Å². The molecule has 1 fully saturated rings. The van der Waals surface area contributed by atoms with Crippen molar-refractivity contribution in [1.29, 1.82) is 0 Å². The number of hydrogen-bond acceptors (Lipinski definition) is 10. The smallest absolute Gasteiger partial charge is 0.240 e. The molecule has 12 nitrogen and oxygen atoms in total. The molecule has 14 heteroatoms. The second-order valence-corrected chi connectivity index (χ2v) is 11.5. The summed E-state index contributed by atoms with van der Waals surface area (Å²) in [5.41, 5.74) is -0.322. The first-order valence-corrected chi connectivity index (χ1v) is 13.1. The Labute approximate surface area is 210 Å². The summed E-state index contributed by atoms with van der Waals surface area (Å²) in [7, 11) is 0.472. The molecule has 0 saturated carbocycles. The van der Waals surface area contributed by atoms with Gasteiger partial charge in [0.05, 0.1) is 29.9 Å². The maximum atomic E-state index is 13.4. The van der Waals surface area contributed by atoms with Crippen molar-refractivity contribution in [3.63, 3.8) is 0 Å². The van der Waals surface area contributed by atoms with E-state index < -0.39 is 27.4 Å². The van der Waals surface area contributed by atoms with Gasteiger partial charge in [-0.25, -0.2) is 18.4 Å². The topological polar surface area (TPSA) is 140 Å². The molecule has 3 atom stereocenters. The molecule has 3 heterocycles. The zero-order valence-corrected chi connectivity index (χ0v) is 22.3. The number of anilines is 1. The molecule has 0 unspecified atom stereocenters. The molecular weight excluding hydrogens is 500 g/mol. The van der Waals surface area contributed by atoms with Crippen LogP contribution in [-0.4, -0.2) is 78.5 Å². The number of sulfonamides is 1. The van der Waals surface area contributed by atoms with Gasteiger partial charge in [-0.1, -0.05) is 11.6 Å². The molecule has 0 bridgehead atoms. The van der Waals surface area contributed by atoms with Crippen LogP contribution in [0.25, 0.3) is 0 Å². The Morgan fingerprint density at radius 2 is 1.83 bits per heavy atom. The highest BCUT2D eigenvalue weighted by Crippen LogP contribution is 2.40. The Balaban J connectivity index is 1.96. The molecule has 0 radical (unpaired) electrons. The Morgan fingerprint density at radius 3 is 2.34 bits per heavy atom. The summed E-state index contributed by atoms with van der Waals surface area (Å²) in [6.07, 6.45) is 3.02. The van der Waals surface area contributed by atoms with E-state index >= 15 is 0 Å². The monoisotopic (exact) mass is 532 g/mol. The number of nitrogens with zero attached hydrogens (tertiary/aromatic N) is 5. The van der Waals surface area contributed by atoms with Gasteiger partial charge in [0, 0.05) is 33.7 Å². The van der Waals surface area contributed by atoms with Gasteiger partial charge in [0.15, 0.2) is 11.6 Å². The van der Waals surface area contributed by atoms with Gasteiger partial charge in [-0.15, -0.1) is 10.2 Å². The minimum atomic E-state index is -4.04. The molecule has 196 valence electrons. The molecule has 35 heavy (non-hydrogen) atoms. The number of nitrogens with one attached hydrogen (secondary N) is 1. The lowest BCUT2D eigenvalue weighted by atomic mass is 10.1. The van der Waals surface area contributed by atoms with Crippen molar-refractivity contribution in [1.82, 2.24) is 24.7 Å². The molecule has 1 aliphatic heterocycles. The van der Waals surface area contributed by atoms with Crippen LogP contribution in [0.4, 0.5) is 5.95 Å². The van der Waals surface area contributed by atoms with Crippen LogP contribution in [0.15, 0.2) is 12.4 Å². The molecule has 0 aliphatic carbocycles. The van der Waals surface area contributed by atoms with Gasteiger partial charge in [-0.3, -0.25) is 9.29 Å². The Morgan fingerprint density at radius 1 is 1.20 bits per heavy atom. The van der Waals surface area contributed by atoms with Crippen molar-refractivity contribution in [3.8, 4) is 0 Å². The van der Waals surface area contributed by atoms with Crippen molar-refractivity contribution in [2.75, 3.05) is 39.3 Å². The van der Waals surface area contributed by atoms with E-state index in [2.05, 4.69) is 24.9 Å². The fourth-order valence-corrected chi connectivity index (χ4v) is 5.29. The Bertz CT molecular complexity index is 1070. The highest BCUT2D eigenvalue weighted by Gasteiger charge is 2.39. The van der Waals surface area contributed by atoms with Crippen LogP contribution in [0.5, 0.6) is 0 Å². The predicted molar refractivity (Wildman–Crippen MR) is 129 cm³/mol. The number of aromatic nitrogens is 5. The van der Waals surface area contributed by atoms with Gasteiger partial charge < -0.3 is 18.9 Å². The lowest BCUT2D eigenvalue weighted by molar-refractivity contribution is -0.0234. The van der Waals surface area contributed by atoms with Crippen LogP contribution >= 0.6 is 11.6 Å². The van der Waals surface area contributed by atoms with E-state index in [1.54, 1.807) is 18.8 Å². The first-order chi connectivity index (χ1) is 16.5. The first kappa shape index (κ1) is 27.7. The molecule has 0 aromatic carbocycles. The third kappa shape index (κ3) is 6.46. The van der Waals surface area contributed by atoms with Crippen LogP contribution < -0.4 is 4.72 Å². The summed E-state index contributed by atoms with van der Waals surface area (Å²) in [6.45, 7) is 6.01. The average molecular weight is 533 g/mol. The van der Waals surface area contributed by atoms with Gasteiger partial charge in [-0.2, -0.15) is 0 Å². The number of hydrogen-bond donors (Lipinski definition) is 1. The van der Waals surface area contributed by atoms with E-state index in [-0.39, 0.29) is 36.7 Å². The minimum Gasteiger partial charge on any atom is -0.382 e. The molecule has 3 rings (SSSR count). The lowest BCUT2D eigenvalue weighted by Crippen LogP contribution is -2.34. The van der Waals surface area contributed by atoms with Gasteiger partial charge in [-0.05, 0) is 33.6 Å². The summed E-state index contributed by atoms with van der Waals surface area (Å²) in [6, 6.07) is -0.395. The van der Waals surface area contributed by atoms with Crippen LogP contribution in [0.1, 0.15) is 63.5 Å². The zero-order valence-electron chi connectivity index (χ0n) is 20.8. The molecular formula is C21H33ClN6O6S. The van der Waals surface area contributed by atoms with Crippen LogP contribution in [0, 0.1) is 0 Å². The average Bonchev–Trinajstić information content (AvgIpc) is 3.37. The minimum absolute atomic E-state index is 0.0335. The van der Waals surface area contributed by atoms with E-state index in [9.17, 15) is 8.42 Å². The molecule has 1 aliphatic rings. The number of ether oxygens (including phenoxy) is 4. The highest BCUT2D eigenvalue weighted by atomic mass is 35.5. The van der Waals surface area contributed by atoms with Crippen molar-refractivity contribution in [3.05, 3.63) is 29.1 Å². The van der Waals surface area contributed by atoms with Crippen LogP contribution in [-0.2, 0) is 29.0 Å². The Hall–Kier alpha value is -1.90. The standard InChI is InChI=1S/C21H33ClN6O6S/c1-13(17(33-6)18-23-9-14(22)10-24-18)35(29,30)27-20-26-25-19(16-7-8-21(2,3)34-16)28(20)15(11-31-4)12-32-5/h9-10,13,15-17H,7-8,11-12H2,1-6H3,(H,26,27)/t13-,16-,17-/m0/s1. The summed E-state index contributed by atoms with van der Waals surface area (Å²) >= 11 is 5.86. The van der Waals surface area contributed by atoms with E-state index in [0.29, 0.717) is 10.8 Å². The van der Waals surface area contributed by atoms with Crippen LogP contribution in [0.2, 0.25) is 5.02 Å². The zero-order chi connectivity index (χ0) is 25.8. The quantitative estimate of drug-likeness (QED) is 0.433. The van der Waals surface area contributed by atoms with Crippen molar-refractivity contribution in [2.24, 2.45) is 0 Å². The third-order valence-corrected chi connectivity index (χ3v) is 7.75. The van der Waals surface area contributed by atoms with E-state index in [0.717, 1.165) is 12.8 Å². The summed E-state index contributed by atoms with van der Waals surface area (Å²) in [5, 5.41) is 7.73. The summed E-state index contributed by atoms with van der Waals surface area (Å²) in [4.78, 5) is 8.22. The number of methoxy groups -OCH3 is 3. The van der Waals surface area contributed by atoms with Gasteiger partial charge in [0.2, 0.25) is 16.0 Å². The van der Waals surface area contributed by atoms with Gasteiger partial charge in [0.25, 0.3) is 0 Å². The summed E-state index contributed by atoms with van der Waals surface area (Å²) < 4.78 is 53.4. The molecule has 1 saturated heterocycles. The molecule has 2 aromatic rings. The normalized spacial score (nSPS) is 19.7. The molecule has 0 spiro atoms. The second kappa shape index (κ2) is 11.4. The fraction of sp³-hybridized carbons (Fsp3) is 0.714. The summed E-state index contributed by atoms with van der Waals surface area (Å²) in [5.74, 6) is 0.727. The number of rotatable bonds is 12. The van der Waals surface area contributed by atoms with Crippen molar-refractivity contribution >= 4 is 27.6 Å². The predicted octanol–water partition coefficient (Wildman–Crippen LogP) is 2.70. The molecule has 2 aromatic heterocycles. The third-order valence-electron chi connectivity index (χ3n) is 5.86. The number of halogens is 1. The lowest BCUT2D eigenvalue weighted by Gasteiger charge is -2.25. The highest BCUT2D eigenvalue weighted by molar-refractivity contribution is 7.93. The molecule has 0 amide bonds. The molecule has 1 N–H and O–H groups in total. The second-order valence-electron chi connectivity index (χ2n) is 8.99. The van der Waals surface area contributed by atoms with E-state index in [4.69, 9.17) is 30.5 Å². The van der Waals surface area contributed by atoms with Gasteiger partial charge in [0.1, 0.15) is 17.5 Å². The first-order valence-electron chi connectivity index (χ1n) is 11.1. The fourth-order valence-electron chi connectivity index (χ4n) is 4.06. The van der Waals surface area contributed by atoms with Crippen molar-refractivity contribution < 1.29 is 27.4 Å². The maximum absolute atomic E-state index is 13.4. The van der Waals surface area contributed by atoms with E-state index in [1.807, 2.05) is 13.8 Å². The van der Waals surface area contributed by atoms with Gasteiger partial charge >= 0.3 is 0 Å². The van der Waals surface area contributed by atoms with Crippen LogP contribution in [0.3, 0.4) is 0 Å². The van der Waals surface area contributed by atoms with E-state index in [1.165, 1.54) is 26.4 Å². The maximum Gasteiger partial charge on any atom is 0.240 e. The SMILES string of the molecule is COCC(COC)n1c(NS(=O)(=O)[C@@H](C)[C@H](OC)c2ncc(Cl)cn2)nnc1[C@@H]1CCC(C)(C)O1. The largest absolute Gasteiger partial charge is 0.382 e.